The van der Waals surface area contributed by atoms with Gasteiger partial charge in [-0.15, -0.1) is 0 Å². The molecule has 1 aliphatic heterocycles. The van der Waals surface area contributed by atoms with E-state index in [1.807, 2.05) is 24.3 Å². The Hall–Kier alpha value is -1.66. The second-order valence-electron chi connectivity index (χ2n) is 6.02. The van der Waals surface area contributed by atoms with E-state index in [9.17, 15) is 14.7 Å². The molecule has 0 saturated carbocycles. The van der Waals surface area contributed by atoms with Crippen molar-refractivity contribution in [1.82, 2.24) is 0 Å². The predicted molar refractivity (Wildman–Crippen MR) is 90.1 cm³/mol. The van der Waals surface area contributed by atoms with Crippen LogP contribution in [0.1, 0.15) is 44.1 Å². The molecule has 1 aromatic rings. The van der Waals surface area contributed by atoms with Crippen molar-refractivity contribution in [3.63, 3.8) is 0 Å². The van der Waals surface area contributed by atoms with Gasteiger partial charge in [-0.2, -0.15) is 0 Å². The highest BCUT2D eigenvalue weighted by Crippen LogP contribution is 2.47. The Balaban J connectivity index is 2.08. The molecular formula is C18H19BrO5. The Morgan fingerprint density at radius 3 is 2.88 bits per heavy atom. The average Bonchev–Trinajstić information content (AvgIpc) is 2.56. The number of esters is 1. The number of ether oxygens (including phenoxy) is 2. The molecule has 2 aliphatic rings. The van der Waals surface area contributed by atoms with Crippen molar-refractivity contribution >= 4 is 27.7 Å². The van der Waals surface area contributed by atoms with E-state index in [1.54, 1.807) is 6.92 Å². The molecule has 1 heterocycles. The largest absolute Gasteiger partial charge is 0.461 e. The third kappa shape index (κ3) is 3.00. The lowest BCUT2D eigenvalue weighted by molar-refractivity contribution is -0.223. The Bertz CT molecular complexity index is 711. The molecule has 0 saturated heterocycles. The number of ketones is 1. The van der Waals surface area contributed by atoms with Crippen molar-refractivity contribution < 1.29 is 24.2 Å². The summed E-state index contributed by atoms with van der Waals surface area (Å²) in [6, 6.07) is 7.62. The fourth-order valence-corrected chi connectivity index (χ4v) is 3.90. The molecule has 1 aromatic carbocycles. The first-order valence-corrected chi connectivity index (χ1v) is 8.85. The van der Waals surface area contributed by atoms with Crippen molar-refractivity contribution in [3.8, 4) is 0 Å². The first kappa shape index (κ1) is 17.2. The molecule has 1 N–H and O–H groups in total. The van der Waals surface area contributed by atoms with E-state index in [4.69, 9.17) is 9.47 Å². The number of allylic oxidation sites excluding steroid dienone is 2. The number of aliphatic hydroxyl groups is 1. The Morgan fingerprint density at radius 1 is 1.42 bits per heavy atom. The molecule has 6 heteroatoms. The maximum absolute atomic E-state index is 12.3. The zero-order valence-electron chi connectivity index (χ0n) is 13.4. The third-order valence-electron chi connectivity index (χ3n) is 4.44. The van der Waals surface area contributed by atoms with Crippen LogP contribution in [0.15, 0.2) is 40.1 Å². The smallest absolute Gasteiger partial charge is 0.379 e. The molecule has 5 nitrogen and oxygen atoms in total. The van der Waals surface area contributed by atoms with Gasteiger partial charge in [0.25, 0.3) is 0 Å². The Morgan fingerprint density at radius 2 is 2.17 bits per heavy atom. The van der Waals surface area contributed by atoms with Gasteiger partial charge >= 0.3 is 11.8 Å². The number of hydrogen-bond donors (Lipinski definition) is 1. The molecule has 1 aliphatic carbocycles. The van der Waals surface area contributed by atoms with Gasteiger partial charge < -0.3 is 14.6 Å². The Kier molecular flexibility index (Phi) is 4.78. The number of Topliss-reactive ketones (excluding diaryl/α,β-unsaturated/α-hetero) is 1. The summed E-state index contributed by atoms with van der Waals surface area (Å²) in [6.07, 6.45) is 1.85. The van der Waals surface area contributed by atoms with Gasteiger partial charge in [0.2, 0.25) is 0 Å². The summed E-state index contributed by atoms with van der Waals surface area (Å²) in [5, 5.41) is 10.8. The second-order valence-corrected chi connectivity index (χ2v) is 6.87. The third-order valence-corrected chi connectivity index (χ3v) is 5.16. The van der Waals surface area contributed by atoms with Gasteiger partial charge in [-0.3, -0.25) is 4.79 Å². The number of carbonyl (C=O) groups excluding carboxylic acids is 2. The summed E-state index contributed by atoms with van der Waals surface area (Å²) < 4.78 is 11.3. The van der Waals surface area contributed by atoms with Crippen LogP contribution in [0.5, 0.6) is 0 Å². The summed E-state index contributed by atoms with van der Waals surface area (Å²) in [6.45, 7) is 1.79. The molecule has 0 radical (unpaired) electrons. The van der Waals surface area contributed by atoms with Crippen molar-refractivity contribution in [2.75, 3.05) is 6.61 Å². The summed E-state index contributed by atoms with van der Waals surface area (Å²) in [7, 11) is 0. The second kappa shape index (κ2) is 6.69. The molecular weight excluding hydrogens is 376 g/mol. The van der Waals surface area contributed by atoms with Crippen molar-refractivity contribution in [1.29, 1.82) is 0 Å². The first-order chi connectivity index (χ1) is 11.5. The van der Waals surface area contributed by atoms with E-state index in [0.29, 0.717) is 12.8 Å². The molecule has 0 bridgehead atoms. The quantitative estimate of drug-likeness (QED) is 0.796. The zero-order valence-corrected chi connectivity index (χ0v) is 15.0. The van der Waals surface area contributed by atoms with Gasteiger partial charge in [0, 0.05) is 23.2 Å². The van der Waals surface area contributed by atoms with Crippen LogP contribution >= 0.6 is 15.9 Å². The lowest BCUT2D eigenvalue weighted by Gasteiger charge is -2.39. The van der Waals surface area contributed by atoms with Crippen LogP contribution in [-0.4, -0.2) is 29.3 Å². The Labute approximate surface area is 148 Å². The van der Waals surface area contributed by atoms with Gasteiger partial charge in [0.1, 0.15) is 0 Å². The first-order valence-electron chi connectivity index (χ1n) is 8.05. The van der Waals surface area contributed by atoms with Crippen molar-refractivity contribution in [2.45, 2.75) is 44.3 Å². The number of rotatable bonds is 3. The predicted octanol–water partition coefficient (Wildman–Crippen LogP) is 3.21. The number of hydrogen-bond acceptors (Lipinski definition) is 5. The SMILES string of the molecule is CCOC(=O)[C@@]1(O)C[C@@H](c2ccccc2Br)C2=C(O1)C(=O)CCC2. The number of benzene rings is 1. The van der Waals surface area contributed by atoms with Crippen LogP contribution in [0.25, 0.3) is 0 Å². The van der Waals surface area contributed by atoms with E-state index in [1.165, 1.54) is 0 Å². The highest BCUT2D eigenvalue weighted by Gasteiger charge is 2.50. The fourth-order valence-electron chi connectivity index (χ4n) is 3.34. The molecule has 2 atom stereocenters. The van der Waals surface area contributed by atoms with E-state index in [0.717, 1.165) is 22.0 Å². The van der Waals surface area contributed by atoms with Crippen LogP contribution in [-0.2, 0) is 19.1 Å². The van der Waals surface area contributed by atoms with E-state index >= 15 is 0 Å². The standard InChI is InChI=1S/C18H19BrO5/c1-2-23-17(21)18(22)10-13(11-6-3-4-8-14(11)19)12-7-5-9-15(20)16(12)24-18/h3-4,6,8,13,22H,2,5,7,9-10H2,1H3/t13-,18+/m0/s1. The van der Waals surface area contributed by atoms with Crippen LogP contribution in [0, 0.1) is 0 Å². The van der Waals surface area contributed by atoms with Gasteiger partial charge in [0.15, 0.2) is 11.5 Å². The highest BCUT2D eigenvalue weighted by atomic mass is 79.9. The molecule has 3 rings (SSSR count). The van der Waals surface area contributed by atoms with E-state index in [-0.39, 0.29) is 30.5 Å². The minimum atomic E-state index is -2.14. The zero-order chi connectivity index (χ0) is 17.3. The molecule has 0 unspecified atom stereocenters. The minimum absolute atomic E-state index is 0.0283. The molecule has 0 spiro atoms. The van der Waals surface area contributed by atoms with Crippen LogP contribution in [0.4, 0.5) is 0 Å². The number of carbonyl (C=O) groups is 2. The molecule has 0 aromatic heterocycles. The monoisotopic (exact) mass is 394 g/mol. The average molecular weight is 395 g/mol. The number of halogens is 1. The van der Waals surface area contributed by atoms with Gasteiger partial charge in [-0.05, 0) is 37.0 Å². The molecule has 24 heavy (non-hydrogen) atoms. The maximum Gasteiger partial charge on any atom is 0.379 e. The van der Waals surface area contributed by atoms with E-state index in [2.05, 4.69) is 15.9 Å². The molecule has 0 amide bonds. The highest BCUT2D eigenvalue weighted by molar-refractivity contribution is 9.10. The molecule has 0 fully saturated rings. The van der Waals surface area contributed by atoms with Crippen LogP contribution in [0.2, 0.25) is 0 Å². The molecule has 128 valence electrons. The summed E-state index contributed by atoms with van der Waals surface area (Å²) >= 11 is 3.52. The summed E-state index contributed by atoms with van der Waals surface area (Å²) in [4.78, 5) is 24.5. The topological polar surface area (TPSA) is 72.8 Å². The minimum Gasteiger partial charge on any atom is -0.461 e. The van der Waals surface area contributed by atoms with Crippen LogP contribution in [0.3, 0.4) is 0 Å². The van der Waals surface area contributed by atoms with Crippen molar-refractivity contribution in [2.24, 2.45) is 0 Å². The van der Waals surface area contributed by atoms with E-state index < -0.39 is 11.8 Å². The van der Waals surface area contributed by atoms with Gasteiger partial charge in [-0.25, -0.2) is 4.79 Å². The fraction of sp³-hybridized carbons (Fsp3) is 0.444. The van der Waals surface area contributed by atoms with Crippen LogP contribution < -0.4 is 0 Å². The van der Waals surface area contributed by atoms with Gasteiger partial charge in [-0.1, -0.05) is 34.1 Å². The van der Waals surface area contributed by atoms with Crippen molar-refractivity contribution in [3.05, 3.63) is 45.6 Å². The van der Waals surface area contributed by atoms with Gasteiger partial charge in [0.05, 0.1) is 6.61 Å². The lowest BCUT2D eigenvalue weighted by atomic mass is 9.77. The normalized spacial score (nSPS) is 26.6. The summed E-state index contributed by atoms with van der Waals surface area (Å²) in [5.74, 6) is -3.31. The summed E-state index contributed by atoms with van der Waals surface area (Å²) in [5.41, 5.74) is 1.78. The maximum atomic E-state index is 12.3. The lowest BCUT2D eigenvalue weighted by Crippen LogP contribution is -2.48.